The Morgan fingerprint density at radius 1 is 1.44 bits per heavy atom. The number of nitrogens with one attached hydrogen (secondary N) is 1. The number of rotatable bonds is 3. The lowest BCUT2D eigenvalue weighted by Crippen LogP contribution is -2.58. The second kappa shape index (κ2) is 6.31. The first-order valence-electron chi connectivity index (χ1n) is 5.15. The van der Waals surface area contributed by atoms with Gasteiger partial charge in [-0.2, -0.15) is 0 Å². The van der Waals surface area contributed by atoms with Gasteiger partial charge in [0.1, 0.15) is 18.3 Å². The van der Waals surface area contributed by atoms with E-state index in [1.54, 1.807) is 0 Å². The maximum absolute atomic E-state index is 9.57. The van der Waals surface area contributed by atoms with E-state index in [-0.39, 0.29) is 11.8 Å². The second-order valence-corrected chi connectivity index (χ2v) is 3.95. The minimum absolute atomic E-state index is 0.0632. The molecule has 6 nitrogen and oxygen atoms in total. The number of hydrogen-bond acceptors (Lipinski definition) is 6. The van der Waals surface area contributed by atoms with Crippen LogP contribution in [0.1, 0.15) is 13.3 Å². The lowest BCUT2D eigenvalue weighted by atomic mass is 10.0. The molecule has 0 aromatic heterocycles. The Hall–Kier alpha value is -0.470. The van der Waals surface area contributed by atoms with E-state index in [1.807, 2.05) is 6.92 Å². The monoisotopic (exact) mass is 251 g/mol. The molecule has 0 aliphatic carbocycles. The van der Waals surface area contributed by atoms with Crippen LogP contribution in [-0.2, 0) is 9.47 Å². The Labute approximate surface area is 99.2 Å². The molecule has 7 heteroatoms. The van der Waals surface area contributed by atoms with E-state index >= 15 is 0 Å². The van der Waals surface area contributed by atoms with Gasteiger partial charge in [-0.05, 0) is 18.6 Å². The van der Waals surface area contributed by atoms with Gasteiger partial charge in [-0.25, -0.2) is 0 Å². The number of hydrogen-bond donors (Lipinski definition) is 4. The third-order valence-electron chi connectivity index (χ3n) is 2.20. The van der Waals surface area contributed by atoms with Gasteiger partial charge in [-0.15, -0.1) is 0 Å². The van der Waals surface area contributed by atoms with Gasteiger partial charge >= 0.3 is 0 Å². The quantitative estimate of drug-likeness (QED) is 0.465. The average molecular weight is 251 g/mol. The summed E-state index contributed by atoms with van der Waals surface area (Å²) in [7, 11) is 0. The maximum atomic E-state index is 9.57. The highest BCUT2D eigenvalue weighted by molar-refractivity contribution is 7.80. The van der Waals surface area contributed by atoms with Crippen LogP contribution in [0.15, 0.2) is 0 Å². The van der Waals surface area contributed by atoms with Crippen molar-refractivity contribution in [1.29, 1.82) is 0 Å². The highest BCUT2D eigenvalue weighted by Crippen LogP contribution is 2.13. The second-order valence-electron chi connectivity index (χ2n) is 3.58. The van der Waals surface area contributed by atoms with Crippen LogP contribution in [0.4, 0.5) is 0 Å². The molecule has 0 aromatic rings. The van der Waals surface area contributed by atoms with Gasteiger partial charge in [0.15, 0.2) is 6.23 Å². The molecular weight excluding hydrogens is 234 g/mol. The molecule has 1 rings (SSSR count). The summed E-state index contributed by atoms with van der Waals surface area (Å²) in [5.41, 5.74) is 0. The van der Waals surface area contributed by atoms with E-state index < -0.39 is 24.5 Å². The summed E-state index contributed by atoms with van der Waals surface area (Å²) in [5, 5.41) is 30.9. The minimum atomic E-state index is -1.25. The van der Waals surface area contributed by atoms with Crippen molar-refractivity contribution in [3.63, 3.8) is 0 Å². The van der Waals surface area contributed by atoms with Crippen LogP contribution in [0, 0.1) is 0 Å². The molecule has 1 aliphatic heterocycles. The van der Waals surface area contributed by atoms with Crippen molar-refractivity contribution in [3.05, 3.63) is 0 Å². The van der Waals surface area contributed by atoms with Gasteiger partial charge in [0.05, 0.1) is 13.2 Å². The van der Waals surface area contributed by atoms with E-state index in [0.717, 1.165) is 6.42 Å². The third-order valence-corrected chi connectivity index (χ3v) is 2.43. The van der Waals surface area contributed by atoms with Crippen molar-refractivity contribution in [3.8, 4) is 0 Å². The van der Waals surface area contributed by atoms with Crippen LogP contribution in [0.25, 0.3) is 0 Å². The molecule has 1 saturated heterocycles. The van der Waals surface area contributed by atoms with Crippen molar-refractivity contribution in [2.24, 2.45) is 0 Å². The lowest BCUT2D eigenvalue weighted by molar-refractivity contribution is -0.191. The summed E-state index contributed by atoms with van der Waals surface area (Å²) < 4.78 is 10.2. The fourth-order valence-electron chi connectivity index (χ4n) is 1.29. The Balaban J connectivity index is 2.39. The molecule has 0 amide bonds. The average Bonchev–Trinajstić information content (AvgIpc) is 2.27. The van der Waals surface area contributed by atoms with Gasteiger partial charge in [-0.3, -0.25) is 0 Å². The lowest BCUT2D eigenvalue weighted by Gasteiger charge is -2.35. The molecule has 16 heavy (non-hydrogen) atoms. The predicted octanol–water partition coefficient (Wildman–Crippen LogP) is -1.27. The molecule has 1 aliphatic rings. The van der Waals surface area contributed by atoms with Crippen molar-refractivity contribution in [2.45, 2.75) is 37.9 Å². The van der Waals surface area contributed by atoms with Crippen LogP contribution >= 0.6 is 12.2 Å². The van der Waals surface area contributed by atoms with Gasteiger partial charge in [-0.1, -0.05) is 6.92 Å². The zero-order valence-electron chi connectivity index (χ0n) is 9.00. The highest BCUT2D eigenvalue weighted by atomic mass is 32.1. The summed E-state index contributed by atoms with van der Waals surface area (Å²) in [6.07, 6.45) is -3.62. The SMILES string of the molecule is CCCOC(=S)N[C@@H]1OC[C@H](O)[C@@H](O)[C@H]1O. The van der Waals surface area contributed by atoms with Gasteiger partial charge < -0.3 is 30.1 Å². The highest BCUT2D eigenvalue weighted by Gasteiger charge is 2.37. The summed E-state index contributed by atoms with van der Waals surface area (Å²) >= 11 is 4.85. The maximum Gasteiger partial charge on any atom is 0.258 e. The number of ether oxygens (including phenoxy) is 2. The van der Waals surface area contributed by atoms with Crippen LogP contribution in [0.2, 0.25) is 0 Å². The van der Waals surface area contributed by atoms with Crippen molar-refractivity contribution >= 4 is 17.4 Å². The van der Waals surface area contributed by atoms with Crippen LogP contribution in [0.3, 0.4) is 0 Å². The molecule has 4 atom stereocenters. The van der Waals surface area contributed by atoms with Gasteiger partial charge in [0.25, 0.3) is 5.17 Å². The summed E-state index contributed by atoms with van der Waals surface area (Å²) in [6.45, 7) is 2.35. The van der Waals surface area contributed by atoms with Crippen molar-refractivity contribution < 1.29 is 24.8 Å². The fraction of sp³-hybridized carbons (Fsp3) is 0.889. The summed E-state index contributed by atoms with van der Waals surface area (Å²) in [6, 6.07) is 0. The predicted molar refractivity (Wildman–Crippen MR) is 59.7 cm³/mol. The molecule has 0 bridgehead atoms. The number of aliphatic hydroxyl groups excluding tert-OH is 3. The largest absolute Gasteiger partial charge is 0.471 e. The van der Waals surface area contributed by atoms with Crippen LogP contribution in [0.5, 0.6) is 0 Å². The van der Waals surface area contributed by atoms with E-state index in [0.29, 0.717) is 6.61 Å². The molecule has 4 N–H and O–H groups in total. The van der Waals surface area contributed by atoms with Crippen molar-refractivity contribution in [2.75, 3.05) is 13.2 Å². The van der Waals surface area contributed by atoms with Crippen LogP contribution < -0.4 is 5.32 Å². The molecule has 1 heterocycles. The zero-order valence-corrected chi connectivity index (χ0v) is 9.81. The molecule has 0 unspecified atom stereocenters. The van der Waals surface area contributed by atoms with Crippen LogP contribution in [-0.4, -0.2) is 58.2 Å². The fourth-order valence-corrected chi connectivity index (χ4v) is 1.49. The summed E-state index contributed by atoms with van der Waals surface area (Å²) in [5.74, 6) is 0. The number of thiocarbonyl (C=S) groups is 1. The molecular formula is C9H17NO5S. The first-order valence-corrected chi connectivity index (χ1v) is 5.56. The molecule has 0 spiro atoms. The minimum Gasteiger partial charge on any atom is -0.471 e. The van der Waals surface area contributed by atoms with E-state index in [1.165, 1.54) is 0 Å². The normalized spacial score (nSPS) is 34.5. The zero-order chi connectivity index (χ0) is 12.1. The van der Waals surface area contributed by atoms with E-state index in [9.17, 15) is 15.3 Å². The Kier molecular flexibility index (Phi) is 5.36. The van der Waals surface area contributed by atoms with Crippen molar-refractivity contribution in [1.82, 2.24) is 5.32 Å². The standard InChI is InChI=1S/C9H17NO5S/c1-2-3-14-9(16)10-8-7(13)6(12)5(11)4-15-8/h5-8,11-13H,2-4H2,1H3,(H,10,16)/t5-,6+,7+,8+/m0/s1. The summed E-state index contributed by atoms with van der Waals surface area (Å²) in [4.78, 5) is 0. The molecule has 0 radical (unpaired) electrons. The Morgan fingerprint density at radius 3 is 2.75 bits per heavy atom. The first kappa shape index (κ1) is 13.6. The molecule has 0 aromatic carbocycles. The number of aliphatic hydroxyl groups is 3. The van der Waals surface area contributed by atoms with Gasteiger partial charge in [0.2, 0.25) is 0 Å². The van der Waals surface area contributed by atoms with E-state index in [2.05, 4.69) is 5.32 Å². The Morgan fingerprint density at radius 2 is 2.12 bits per heavy atom. The Bertz CT molecular complexity index is 240. The smallest absolute Gasteiger partial charge is 0.258 e. The molecule has 0 saturated carbocycles. The molecule has 1 fully saturated rings. The topological polar surface area (TPSA) is 91.2 Å². The first-order chi connectivity index (χ1) is 7.56. The molecule has 94 valence electrons. The van der Waals surface area contributed by atoms with E-state index in [4.69, 9.17) is 21.7 Å². The third kappa shape index (κ3) is 3.53. The van der Waals surface area contributed by atoms with Gasteiger partial charge in [0, 0.05) is 0 Å².